The molecule has 0 bridgehead atoms. The molecule has 1 amide bonds. The maximum atomic E-state index is 12.3. The summed E-state index contributed by atoms with van der Waals surface area (Å²) < 4.78 is 5.54. The Morgan fingerprint density at radius 3 is 3.08 bits per heavy atom. The molecule has 128 valence electrons. The first-order chi connectivity index (χ1) is 11.7. The van der Waals surface area contributed by atoms with E-state index in [1.54, 1.807) is 11.3 Å². The third kappa shape index (κ3) is 4.66. The molecule has 0 saturated carbocycles. The van der Waals surface area contributed by atoms with Crippen LogP contribution in [0, 0.1) is 0 Å². The minimum atomic E-state index is -0.0294. The number of hydrogen-bond donors (Lipinski definition) is 2. The number of rotatable bonds is 7. The maximum Gasteiger partial charge on any atom is 0.251 e. The third-order valence-electron chi connectivity index (χ3n) is 4.36. The van der Waals surface area contributed by atoms with E-state index in [1.165, 1.54) is 5.56 Å². The summed E-state index contributed by atoms with van der Waals surface area (Å²) in [4.78, 5) is 12.3. The van der Waals surface area contributed by atoms with Gasteiger partial charge in [0.15, 0.2) is 0 Å². The van der Waals surface area contributed by atoms with Crippen molar-refractivity contribution in [1.82, 2.24) is 10.6 Å². The van der Waals surface area contributed by atoms with Crippen molar-refractivity contribution in [1.29, 1.82) is 0 Å². The third-order valence-corrected chi connectivity index (χ3v) is 5.06. The van der Waals surface area contributed by atoms with Crippen molar-refractivity contribution >= 4 is 17.2 Å². The number of carbonyl (C=O) groups excluding carboxylic acids is 1. The summed E-state index contributed by atoms with van der Waals surface area (Å²) in [5.74, 6) is -0.0294. The van der Waals surface area contributed by atoms with Gasteiger partial charge in [0.1, 0.15) is 0 Å². The summed E-state index contributed by atoms with van der Waals surface area (Å²) in [5.41, 5.74) is 3.11. The predicted molar refractivity (Wildman–Crippen MR) is 97.3 cm³/mol. The van der Waals surface area contributed by atoms with Crippen molar-refractivity contribution in [2.75, 3.05) is 13.2 Å². The summed E-state index contributed by atoms with van der Waals surface area (Å²) in [5, 5.41) is 10.7. The minimum absolute atomic E-state index is 0.0294. The lowest BCUT2D eigenvalue weighted by atomic mass is 10.1. The molecule has 1 aromatic carbocycles. The fourth-order valence-electron chi connectivity index (χ4n) is 2.85. The predicted octanol–water partition coefficient (Wildman–Crippen LogP) is 3.51. The average molecular weight is 344 g/mol. The molecule has 1 saturated heterocycles. The highest BCUT2D eigenvalue weighted by molar-refractivity contribution is 7.07. The highest BCUT2D eigenvalue weighted by Gasteiger charge is 2.16. The Morgan fingerprint density at radius 1 is 1.42 bits per heavy atom. The smallest absolute Gasteiger partial charge is 0.251 e. The molecule has 2 aromatic rings. The van der Waals surface area contributed by atoms with Crippen molar-refractivity contribution in [2.24, 2.45) is 0 Å². The Balaban J connectivity index is 1.52. The molecule has 5 heteroatoms. The first kappa shape index (κ1) is 17.1. The molecule has 0 unspecified atom stereocenters. The number of benzene rings is 1. The fraction of sp³-hybridized carbons (Fsp3) is 0.421. The zero-order chi connectivity index (χ0) is 16.8. The normalized spacial score (nSPS) is 18.5. The summed E-state index contributed by atoms with van der Waals surface area (Å²) >= 11 is 1.71. The van der Waals surface area contributed by atoms with E-state index in [9.17, 15) is 4.79 Å². The van der Waals surface area contributed by atoms with Crippen LogP contribution in [-0.2, 0) is 11.3 Å². The van der Waals surface area contributed by atoms with E-state index in [0.29, 0.717) is 18.2 Å². The van der Waals surface area contributed by atoms with E-state index >= 15 is 0 Å². The van der Waals surface area contributed by atoms with Gasteiger partial charge >= 0.3 is 0 Å². The van der Waals surface area contributed by atoms with Crippen molar-refractivity contribution in [2.45, 2.75) is 38.5 Å². The number of hydrogen-bond acceptors (Lipinski definition) is 4. The Morgan fingerprint density at radius 2 is 2.33 bits per heavy atom. The molecule has 1 fully saturated rings. The topological polar surface area (TPSA) is 50.4 Å². The van der Waals surface area contributed by atoms with Crippen LogP contribution in [0.2, 0.25) is 0 Å². The van der Waals surface area contributed by atoms with Gasteiger partial charge in [0.2, 0.25) is 0 Å². The Hall–Kier alpha value is -1.69. The monoisotopic (exact) mass is 344 g/mol. The highest BCUT2D eigenvalue weighted by Crippen LogP contribution is 2.16. The fourth-order valence-corrected chi connectivity index (χ4v) is 3.60. The molecular formula is C19H24N2O2S. The summed E-state index contributed by atoms with van der Waals surface area (Å²) in [6, 6.07) is 10.2. The zero-order valence-corrected chi connectivity index (χ0v) is 14.8. The maximum absolute atomic E-state index is 12.3. The second-order valence-corrected chi connectivity index (χ2v) is 6.98. The minimum Gasteiger partial charge on any atom is -0.376 e. The largest absolute Gasteiger partial charge is 0.376 e. The molecule has 0 radical (unpaired) electrons. The van der Waals surface area contributed by atoms with Crippen LogP contribution in [0.3, 0.4) is 0 Å². The second-order valence-electron chi connectivity index (χ2n) is 6.20. The van der Waals surface area contributed by atoms with Crippen LogP contribution in [0.15, 0.2) is 41.1 Å². The van der Waals surface area contributed by atoms with Crippen LogP contribution in [0.5, 0.6) is 0 Å². The van der Waals surface area contributed by atoms with Gasteiger partial charge in [-0.05, 0) is 59.9 Å². The molecule has 24 heavy (non-hydrogen) atoms. The Labute approximate surface area is 147 Å². The SMILES string of the molecule is C[C@@H](NCc1cccc(C(=O)NC[C@H]2CCCO2)c1)c1ccsc1. The van der Waals surface area contributed by atoms with Crippen molar-refractivity contribution in [3.63, 3.8) is 0 Å². The standard InChI is InChI=1S/C19H24N2O2S/c1-14(17-7-9-24-13-17)20-11-15-4-2-5-16(10-15)19(22)21-12-18-6-3-8-23-18/h2,4-5,7,9-10,13-14,18,20H,3,6,8,11-12H2,1H3,(H,21,22)/t14-,18-/m1/s1. The van der Waals surface area contributed by atoms with E-state index in [2.05, 4.69) is 34.4 Å². The number of nitrogens with one attached hydrogen (secondary N) is 2. The number of ether oxygens (including phenoxy) is 1. The van der Waals surface area contributed by atoms with Crippen LogP contribution >= 0.6 is 11.3 Å². The van der Waals surface area contributed by atoms with Crippen LogP contribution in [0.25, 0.3) is 0 Å². The molecule has 1 aromatic heterocycles. The van der Waals surface area contributed by atoms with Gasteiger partial charge in [0, 0.05) is 31.3 Å². The summed E-state index contributed by atoms with van der Waals surface area (Å²) in [7, 11) is 0. The van der Waals surface area contributed by atoms with Crippen LogP contribution in [0.4, 0.5) is 0 Å². The van der Waals surface area contributed by atoms with Gasteiger partial charge in [-0.2, -0.15) is 11.3 Å². The van der Waals surface area contributed by atoms with E-state index in [1.807, 2.05) is 24.3 Å². The molecule has 0 aliphatic carbocycles. The molecule has 2 atom stereocenters. The molecule has 4 nitrogen and oxygen atoms in total. The van der Waals surface area contributed by atoms with Gasteiger partial charge < -0.3 is 15.4 Å². The molecule has 0 spiro atoms. The van der Waals surface area contributed by atoms with Gasteiger partial charge in [0.25, 0.3) is 5.91 Å². The van der Waals surface area contributed by atoms with Gasteiger partial charge in [-0.15, -0.1) is 0 Å². The summed E-state index contributed by atoms with van der Waals surface area (Å²) in [6.07, 6.45) is 2.29. The Bertz CT molecular complexity index is 651. The number of thiophene rings is 1. The zero-order valence-electron chi connectivity index (χ0n) is 14.0. The molecule has 1 aliphatic rings. The van der Waals surface area contributed by atoms with Gasteiger partial charge in [-0.25, -0.2) is 0 Å². The highest BCUT2D eigenvalue weighted by atomic mass is 32.1. The second kappa shape index (κ2) is 8.42. The van der Waals surface area contributed by atoms with E-state index in [4.69, 9.17) is 4.74 Å². The lowest BCUT2D eigenvalue weighted by molar-refractivity contribution is 0.0857. The van der Waals surface area contributed by atoms with Crippen molar-refractivity contribution < 1.29 is 9.53 Å². The van der Waals surface area contributed by atoms with E-state index < -0.39 is 0 Å². The van der Waals surface area contributed by atoms with Gasteiger partial charge in [-0.1, -0.05) is 12.1 Å². The van der Waals surface area contributed by atoms with E-state index in [-0.39, 0.29) is 12.0 Å². The molecule has 2 heterocycles. The first-order valence-electron chi connectivity index (χ1n) is 8.46. The van der Waals surface area contributed by atoms with E-state index in [0.717, 1.165) is 31.6 Å². The molecule has 2 N–H and O–H groups in total. The lowest BCUT2D eigenvalue weighted by Crippen LogP contribution is -2.31. The van der Waals surface area contributed by atoms with Crippen LogP contribution in [-0.4, -0.2) is 25.2 Å². The quantitative estimate of drug-likeness (QED) is 0.808. The molecular weight excluding hydrogens is 320 g/mol. The average Bonchev–Trinajstić information content (AvgIpc) is 3.31. The molecule has 1 aliphatic heterocycles. The first-order valence-corrected chi connectivity index (χ1v) is 9.41. The van der Waals surface area contributed by atoms with Crippen LogP contribution < -0.4 is 10.6 Å². The number of carbonyl (C=O) groups is 1. The number of amides is 1. The van der Waals surface area contributed by atoms with Gasteiger partial charge in [-0.3, -0.25) is 4.79 Å². The molecule has 3 rings (SSSR count). The van der Waals surface area contributed by atoms with Crippen molar-refractivity contribution in [3.05, 3.63) is 57.8 Å². The lowest BCUT2D eigenvalue weighted by Gasteiger charge is -2.14. The summed E-state index contributed by atoms with van der Waals surface area (Å²) in [6.45, 7) is 4.30. The van der Waals surface area contributed by atoms with Crippen LogP contribution in [0.1, 0.15) is 47.3 Å². The van der Waals surface area contributed by atoms with Crippen molar-refractivity contribution in [3.8, 4) is 0 Å². The van der Waals surface area contributed by atoms with Gasteiger partial charge in [0.05, 0.1) is 6.10 Å². The Kier molecular flexibility index (Phi) is 6.01.